The van der Waals surface area contributed by atoms with Crippen molar-refractivity contribution in [3.8, 4) is 11.5 Å². The fourth-order valence-corrected chi connectivity index (χ4v) is 4.30. The number of amides is 2. The van der Waals surface area contributed by atoms with Gasteiger partial charge in [0.05, 0.1) is 5.52 Å². The first-order valence-electron chi connectivity index (χ1n) is 10.7. The largest absolute Gasteiger partial charge is 0.485 e. The third kappa shape index (κ3) is 4.28. The van der Waals surface area contributed by atoms with E-state index in [1.54, 1.807) is 40.1 Å². The molecule has 0 aliphatic carbocycles. The summed E-state index contributed by atoms with van der Waals surface area (Å²) in [7, 11) is 0. The van der Waals surface area contributed by atoms with Crippen molar-refractivity contribution in [3.05, 3.63) is 58.0 Å². The van der Waals surface area contributed by atoms with Crippen LogP contribution >= 0.6 is 11.6 Å². The zero-order valence-electron chi connectivity index (χ0n) is 17.7. The van der Waals surface area contributed by atoms with E-state index in [1.165, 1.54) is 4.57 Å². The highest BCUT2D eigenvalue weighted by molar-refractivity contribution is 6.31. The molecule has 5 rings (SSSR count). The molecule has 1 atom stereocenters. The maximum atomic E-state index is 12.9. The van der Waals surface area contributed by atoms with Gasteiger partial charge in [-0.05, 0) is 24.3 Å². The number of benzene rings is 2. The second kappa shape index (κ2) is 8.82. The second-order valence-corrected chi connectivity index (χ2v) is 8.39. The number of nitrogens with zero attached hydrogens (tertiary/aromatic N) is 3. The van der Waals surface area contributed by atoms with Gasteiger partial charge in [0.15, 0.2) is 17.1 Å². The highest BCUT2D eigenvalue weighted by Gasteiger charge is 2.33. The number of oxazole rings is 1. The molecule has 0 bridgehead atoms. The molecule has 172 valence electrons. The van der Waals surface area contributed by atoms with Crippen LogP contribution in [0.4, 0.5) is 0 Å². The lowest BCUT2D eigenvalue weighted by Gasteiger charge is -2.37. The summed E-state index contributed by atoms with van der Waals surface area (Å²) in [4.78, 5) is 41.1. The van der Waals surface area contributed by atoms with Crippen molar-refractivity contribution in [1.29, 1.82) is 0 Å². The van der Waals surface area contributed by atoms with Gasteiger partial charge in [-0.3, -0.25) is 14.2 Å². The molecule has 1 saturated heterocycles. The predicted molar refractivity (Wildman–Crippen MR) is 120 cm³/mol. The number of para-hydroxylation sites is 2. The fraction of sp³-hybridized carbons (Fsp3) is 0.348. The van der Waals surface area contributed by atoms with Crippen molar-refractivity contribution < 1.29 is 23.5 Å². The summed E-state index contributed by atoms with van der Waals surface area (Å²) in [5, 5.41) is 0.473. The van der Waals surface area contributed by atoms with Gasteiger partial charge in [0.1, 0.15) is 6.61 Å². The molecular formula is C23H22ClN3O6. The number of aryl methyl sites for hydroxylation is 1. The Kier molecular flexibility index (Phi) is 5.72. The monoisotopic (exact) mass is 471 g/mol. The SMILES string of the molecule is O=C(CCn1c(=O)oc2cc(Cl)ccc21)N1CCN(C(=O)[C@H]2COc3ccccc3O2)CC1. The Morgan fingerprint density at radius 2 is 1.73 bits per heavy atom. The predicted octanol–water partition coefficient (Wildman–Crippen LogP) is 2.15. The van der Waals surface area contributed by atoms with E-state index in [-0.39, 0.29) is 31.4 Å². The van der Waals surface area contributed by atoms with Crippen molar-refractivity contribution in [3.63, 3.8) is 0 Å². The molecule has 2 amide bonds. The molecule has 3 aromatic rings. The number of hydrogen-bond acceptors (Lipinski definition) is 6. The molecule has 0 unspecified atom stereocenters. The van der Waals surface area contributed by atoms with Gasteiger partial charge in [-0.15, -0.1) is 0 Å². The lowest BCUT2D eigenvalue weighted by molar-refractivity contribution is -0.146. The van der Waals surface area contributed by atoms with Crippen molar-refractivity contribution in [2.45, 2.75) is 19.1 Å². The average Bonchev–Trinajstić information content (AvgIpc) is 3.15. The Labute approximate surface area is 194 Å². The molecule has 1 aromatic heterocycles. The summed E-state index contributed by atoms with van der Waals surface area (Å²) < 4.78 is 18.1. The van der Waals surface area contributed by atoms with Crippen LogP contribution in [0.3, 0.4) is 0 Å². The van der Waals surface area contributed by atoms with Gasteiger partial charge in [-0.1, -0.05) is 23.7 Å². The first-order chi connectivity index (χ1) is 16.0. The van der Waals surface area contributed by atoms with Crippen molar-refractivity contribution >= 4 is 34.5 Å². The number of ether oxygens (including phenoxy) is 2. The number of carbonyl (C=O) groups excluding carboxylic acids is 2. The van der Waals surface area contributed by atoms with Crippen LogP contribution in [0.2, 0.25) is 5.02 Å². The van der Waals surface area contributed by atoms with Crippen molar-refractivity contribution in [2.75, 3.05) is 32.8 Å². The number of piperazine rings is 1. The van der Waals surface area contributed by atoms with Gasteiger partial charge in [-0.25, -0.2) is 4.79 Å². The second-order valence-electron chi connectivity index (χ2n) is 7.95. The standard InChI is InChI=1S/C23H22ClN3O6/c24-15-5-6-16-19(13-15)33-23(30)27(16)8-7-21(28)25-9-11-26(12-10-25)22(29)20-14-31-17-3-1-2-4-18(17)32-20/h1-6,13,20H,7-12,14H2/t20-/m1/s1. The van der Waals surface area contributed by atoms with Crippen LogP contribution in [0.5, 0.6) is 11.5 Å². The molecule has 0 N–H and O–H groups in total. The Bertz CT molecular complexity index is 1260. The lowest BCUT2D eigenvalue weighted by atomic mass is 10.2. The topological polar surface area (TPSA) is 94.2 Å². The number of fused-ring (bicyclic) bond motifs is 2. The summed E-state index contributed by atoms with van der Waals surface area (Å²) in [6.45, 7) is 2.04. The summed E-state index contributed by atoms with van der Waals surface area (Å²) in [6.07, 6.45) is -0.543. The normalized spacial score (nSPS) is 17.9. The van der Waals surface area contributed by atoms with Crippen LogP contribution in [-0.2, 0) is 16.1 Å². The first-order valence-corrected chi connectivity index (χ1v) is 11.1. The average molecular weight is 472 g/mol. The summed E-state index contributed by atoms with van der Waals surface area (Å²) in [5.74, 6) is 0.437. The van der Waals surface area contributed by atoms with Crippen molar-refractivity contribution in [2.24, 2.45) is 0 Å². The highest BCUT2D eigenvalue weighted by atomic mass is 35.5. The van der Waals surface area contributed by atoms with Gasteiger partial charge in [0.25, 0.3) is 5.91 Å². The third-order valence-corrected chi connectivity index (χ3v) is 6.14. The molecule has 2 aromatic carbocycles. The molecule has 2 aliphatic heterocycles. The minimum absolute atomic E-state index is 0.0801. The number of aromatic nitrogens is 1. The summed E-state index contributed by atoms with van der Waals surface area (Å²) >= 11 is 5.94. The van der Waals surface area contributed by atoms with E-state index in [0.29, 0.717) is 53.8 Å². The number of halogens is 1. The summed E-state index contributed by atoms with van der Waals surface area (Å²) in [5.41, 5.74) is 0.993. The van der Waals surface area contributed by atoms with Gasteiger partial charge < -0.3 is 23.7 Å². The van der Waals surface area contributed by atoms with Crippen LogP contribution in [0.15, 0.2) is 51.7 Å². The minimum Gasteiger partial charge on any atom is -0.485 e. The highest BCUT2D eigenvalue weighted by Crippen LogP contribution is 2.31. The molecule has 2 aliphatic rings. The van der Waals surface area contributed by atoms with E-state index in [9.17, 15) is 14.4 Å². The Hall–Kier alpha value is -3.46. The Morgan fingerprint density at radius 1 is 1.00 bits per heavy atom. The molecule has 10 heteroatoms. The lowest BCUT2D eigenvalue weighted by Crippen LogP contribution is -2.55. The number of carbonyl (C=O) groups is 2. The third-order valence-electron chi connectivity index (χ3n) is 5.91. The van der Waals surface area contributed by atoms with E-state index in [4.69, 9.17) is 25.5 Å². The van der Waals surface area contributed by atoms with Crippen LogP contribution in [0.25, 0.3) is 11.1 Å². The molecule has 9 nitrogen and oxygen atoms in total. The smallest absolute Gasteiger partial charge is 0.419 e. The van der Waals surface area contributed by atoms with E-state index >= 15 is 0 Å². The van der Waals surface area contributed by atoms with Crippen LogP contribution in [0, 0.1) is 0 Å². The van der Waals surface area contributed by atoms with Gasteiger partial charge >= 0.3 is 5.76 Å². The molecule has 33 heavy (non-hydrogen) atoms. The molecular weight excluding hydrogens is 450 g/mol. The Morgan fingerprint density at radius 3 is 2.52 bits per heavy atom. The molecule has 0 spiro atoms. The summed E-state index contributed by atoms with van der Waals surface area (Å²) in [6, 6.07) is 12.2. The van der Waals surface area contributed by atoms with Crippen LogP contribution in [0.1, 0.15) is 6.42 Å². The molecule has 3 heterocycles. The van der Waals surface area contributed by atoms with Gasteiger partial charge in [0, 0.05) is 50.2 Å². The maximum absolute atomic E-state index is 12.9. The van der Waals surface area contributed by atoms with Crippen molar-refractivity contribution in [1.82, 2.24) is 14.4 Å². The van der Waals surface area contributed by atoms with Crippen LogP contribution < -0.4 is 15.2 Å². The zero-order valence-corrected chi connectivity index (χ0v) is 18.5. The van der Waals surface area contributed by atoms with Gasteiger partial charge in [0.2, 0.25) is 12.0 Å². The zero-order chi connectivity index (χ0) is 22.9. The maximum Gasteiger partial charge on any atom is 0.419 e. The van der Waals surface area contributed by atoms with E-state index in [2.05, 4.69) is 0 Å². The van der Waals surface area contributed by atoms with Crippen LogP contribution in [-0.4, -0.2) is 65.1 Å². The van der Waals surface area contributed by atoms with Gasteiger partial charge in [-0.2, -0.15) is 0 Å². The number of hydrogen-bond donors (Lipinski definition) is 0. The quantitative estimate of drug-likeness (QED) is 0.578. The fourth-order valence-electron chi connectivity index (χ4n) is 4.14. The van der Waals surface area contributed by atoms with E-state index in [0.717, 1.165) is 0 Å². The number of rotatable bonds is 4. The molecule has 0 saturated carbocycles. The van der Waals surface area contributed by atoms with E-state index < -0.39 is 11.9 Å². The first kappa shape index (κ1) is 21.4. The molecule has 0 radical (unpaired) electrons. The van der Waals surface area contributed by atoms with E-state index in [1.807, 2.05) is 12.1 Å². The minimum atomic E-state index is -0.697. The Balaban J connectivity index is 1.15. The molecule has 1 fully saturated rings.